The lowest BCUT2D eigenvalue weighted by Gasteiger charge is -2.43. The zero-order chi connectivity index (χ0) is 23.0. The van der Waals surface area contributed by atoms with E-state index in [-0.39, 0.29) is 33.8 Å². The molecule has 0 radical (unpaired) electrons. The maximum absolute atomic E-state index is 15.6. The summed E-state index contributed by atoms with van der Waals surface area (Å²) in [4.78, 5) is 26.4. The van der Waals surface area contributed by atoms with Gasteiger partial charge in [0.1, 0.15) is 16.8 Å². The van der Waals surface area contributed by atoms with Gasteiger partial charge in [-0.25, -0.2) is 13.6 Å². The summed E-state index contributed by atoms with van der Waals surface area (Å²) in [6.45, 7) is 5.58. The van der Waals surface area contributed by atoms with E-state index in [1.54, 1.807) is 4.57 Å². The lowest BCUT2D eigenvalue weighted by atomic mass is 9.60. The standard InChI is InChI=1S/C24H28F2N2O4/c1-23-8-4-5-9-24(23,2)12-27(11-23)19-17(26)16(25)15-18(21(19)32-3)28(13-6-7-13)10-14(20(15)29)22(30)31/h10,13H,4-9,11-12H2,1-3H3,(H,30,31)/t23-,24+. The first-order valence-corrected chi connectivity index (χ1v) is 11.2. The molecule has 3 aliphatic rings. The molecule has 8 heteroatoms. The highest BCUT2D eigenvalue weighted by Crippen LogP contribution is 2.57. The zero-order valence-corrected chi connectivity index (χ0v) is 18.6. The van der Waals surface area contributed by atoms with E-state index in [0.717, 1.165) is 38.5 Å². The first-order valence-electron chi connectivity index (χ1n) is 11.2. The van der Waals surface area contributed by atoms with Gasteiger partial charge in [-0.15, -0.1) is 0 Å². The highest BCUT2D eigenvalue weighted by atomic mass is 19.2. The second kappa shape index (κ2) is 6.93. The number of aromatic carboxylic acids is 1. The van der Waals surface area contributed by atoms with Crippen LogP contribution < -0.4 is 15.1 Å². The Morgan fingerprint density at radius 1 is 1.12 bits per heavy atom. The van der Waals surface area contributed by atoms with Crippen molar-refractivity contribution in [1.82, 2.24) is 4.57 Å². The highest BCUT2D eigenvalue weighted by Gasteiger charge is 2.53. The summed E-state index contributed by atoms with van der Waals surface area (Å²) in [5, 5.41) is 8.92. The Bertz CT molecular complexity index is 1190. The molecule has 5 rings (SSSR count). The molecule has 1 N–H and O–H groups in total. The number of anilines is 1. The third-order valence-corrected chi connectivity index (χ3v) is 8.22. The molecule has 0 amide bonds. The van der Waals surface area contributed by atoms with E-state index in [0.29, 0.717) is 13.1 Å². The Morgan fingerprint density at radius 2 is 1.72 bits per heavy atom. The average molecular weight is 446 g/mol. The summed E-state index contributed by atoms with van der Waals surface area (Å²) in [5.41, 5.74) is -1.48. The minimum atomic E-state index is -1.46. The molecule has 6 nitrogen and oxygen atoms in total. The first-order chi connectivity index (χ1) is 15.1. The number of hydrogen-bond acceptors (Lipinski definition) is 4. The molecule has 0 unspecified atom stereocenters. The molecule has 2 aromatic rings. The minimum absolute atomic E-state index is 0.0303. The predicted molar refractivity (Wildman–Crippen MR) is 117 cm³/mol. The fourth-order valence-corrected chi connectivity index (χ4v) is 5.99. The third-order valence-electron chi connectivity index (χ3n) is 8.22. The quantitative estimate of drug-likeness (QED) is 0.735. The first kappa shape index (κ1) is 21.2. The average Bonchev–Trinajstić information content (AvgIpc) is 3.53. The van der Waals surface area contributed by atoms with Crippen molar-refractivity contribution in [3.63, 3.8) is 0 Å². The molecule has 172 valence electrons. The fourth-order valence-electron chi connectivity index (χ4n) is 5.99. The molecule has 2 saturated carbocycles. The predicted octanol–water partition coefficient (Wildman–Crippen LogP) is 4.73. The zero-order valence-electron chi connectivity index (χ0n) is 18.6. The van der Waals surface area contributed by atoms with Crippen molar-refractivity contribution >= 4 is 22.6 Å². The van der Waals surface area contributed by atoms with Gasteiger partial charge < -0.3 is 19.3 Å². The van der Waals surface area contributed by atoms with Crippen molar-refractivity contribution in [2.45, 2.75) is 58.4 Å². The number of ether oxygens (including phenoxy) is 1. The van der Waals surface area contributed by atoms with E-state index >= 15 is 8.78 Å². The SMILES string of the molecule is COc1c(N2C[C@]3(C)CCCC[C@]3(C)C2)c(F)c(F)c2c(=O)c(C(=O)O)cn(C3CC3)c12. The van der Waals surface area contributed by atoms with Crippen molar-refractivity contribution < 1.29 is 23.4 Å². The molecule has 2 aliphatic carbocycles. The van der Waals surface area contributed by atoms with Gasteiger partial charge in [0.25, 0.3) is 0 Å². The number of fused-ring (bicyclic) bond motifs is 2. The Kier molecular flexibility index (Phi) is 4.59. The summed E-state index contributed by atoms with van der Waals surface area (Å²) in [5.74, 6) is -3.81. The maximum Gasteiger partial charge on any atom is 0.341 e. The number of hydrogen-bond donors (Lipinski definition) is 1. The van der Waals surface area contributed by atoms with E-state index in [1.807, 2.05) is 4.90 Å². The van der Waals surface area contributed by atoms with Gasteiger partial charge in [0.15, 0.2) is 17.4 Å². The van der Waals surface area contributed by atoms with Crippen LogP contribution >= 0.6 is 0 Å². The van der Waals surface area contributed by atoms with Crippen LogP contribution in [0.2, 0.25) is 0 Å². The Morgan fingerprint density at radius 3 is 2.22 bits per heavy atom. The van der Waals surface area contributed by atoms with Gasteiger partial charge in [-0.2, -0.15) is 0 Å². The molecule has 2 heterocycles. The fraction of sp³-hybridized carbons (Fsp3) is 0.583. The molecule has 1 aliphatic heterocycles. The highest BCUT2D eigenvalue weighted by molar-refractivity contribution is 5.97. The van der Waals surface area contributed by atoms with Gasteiger partial charge in [-0.05, 0) is 36.5 Å². The van der Waals surface area contributed by atoms with E-state index < -0.39 is 34.0 Å². The molecule has 32 heavy (non-hydrogen) atoms. The summed E-state index contributed by atoms with van der Waals surface area (Å²) in [7, 11) is 1.38. The van der Waals surface area contributed by atoms with Gasteiger partial charge in [-0.3, -0.25) is 4.79 Å². The summed E-state index contributed by atoms with van der Waals surface area (Å²) in [6.07, 6.45) is 7.07. The van der Waals surface area contributed by atoms with Crippen LogP contribution in [0, 0.1) is 22.5 Å². The molecule has 0 bridgehead atoms. The van der Waals surface area contributed by atoms with Crippen molar-refractivity contribution in [1.29, 1.82) is 0 Å². The van der Waals surface area contributed by atoms with E-state index in [1.165, 1.54) is 13.3 Å². The van der Waals surface area contributed by atoms with Crippen LogP contribution in [0.15, 0.2) is 11.0 Å². The van der Waals surface area contributed by atoms with E-state index in [9.17, 15) is 14.7 Å². The van der Waals surface area contributed by atoms with Crippen LogP contribution in [0.5, 0.6) is 5.75 Å². The minimum Gasteiger partial charge on any atom is -0.492 e. The summed E-state index contributed by atoms with van der Waals surface area (Å²) >= 11 is 0. The van der Waals surface area contributed by atoms with E-state index in [4.69, 9.17) is 4.74 Å². The summed E-state index contributed by atoms with van der Waals surface area (Å²) < 4.78 is 38.4. The van der Waals surface area contributed by atoms with Crippen LogP contribution in [-0.4, -0.2) is 35.8 Å². The monoisotopic (exact) mass is 446 g/mol. The van der Waals surface area contributed by atoms with Crippen LogP contribution in [0.3, 0.4) is 0 Å². The number of carbonyl (C=O) groups is 1. The molecular weight excluding hydrogens is 418 g/mol. The Labute approximate surface area is 184 Å². The second-order valence-electron chi connectivity index (χ2n) is 10.2. The number of pyridine rings is 1. The normalized spacial score (nSPS) is 27.6. The number of carboxylic acid groups (broad SMARTS) is 1. The van der Waals surface area contributed by atoms with Crippen LogP contribution in [-0.2, 0) is 0 Å². The van der Waals surface area contributed by atoms with Crippen molar-refractivity contribution in [2.75, 3.05) is 25.1 Å². The van der Waals surface area contributed by atoms with Gasteiger partial charge in [0.05, 0.1) is 12.5 Å². The molecule has 3 fully saturated rings. The Hall–Kier alpha value is -2.64. The number of halogens is 2. The second-order valence-corrected chi connectivity index (χ2v) is 10.2. The number of carboxylic acids is 1. The largest absolute Gasteiger partial charge is 0.492 e. The van der Waals surface area contributed by atoms with Crippen molar-refractivity contribution in [2.24, 2.45) is 10.8 Å². The third kappa shape index (κ3) is 2.80. The molecule has 1 saturated heterocycles. The summed E-state index contributed by atoms with van der Waals surface area (Å²) in [6, 6.07) is -0.0704. The Balaban J connectivity index is 1.80. The van der Waals surface area contributed by atoms with Crippen LogP contribution in [0.4, 0.5) is 14.5 Å². The number of aromatic nitrogens is 1. The maximum atomic E-state index is 15.6. The van der Waals surface area contributed by atoms with Gasteiger partial charge >= 0.3 is 5.97 Å². The number of nitrogens with zero attached hydrogens (tertiary/aromatic N) is 2. The van der Waals surface area contributed by atoms with E-state index in [2.05, 4.69) is 13.8 Å². The number of rotatable bonds is 4. The lowest BCUT2D eigenvalue weighted by molar-refractivity contribution is 0.0694. The smallest absolute Gasteiger partial charge is 0.341 e. The number of methoxy groups -OCH3 is 1. The molecular formula is C24H28F2N2O4. The molecule has 1 aromatic heterocycles. The lowest BCUT2D eigenvalue weighted by Crippen LogP contribution is -2.38. The van der Waals surface area contributed by atoms with Crippen molar-refractivity contribution in [3.8, 4) is 5.75 Å². The number of benzene rings is 1. The van der Waals surface area contributed by atoms with Crippen LogP contribution in [0.25, 0.3) is 10.9 Å². The van der Waals surface area contributed by atoms with Crippen LogP contribution in [0.1, 0.15) is 68.8 Å². The van der Waals surface area contributed by atoms with Gasteiger partial charge in [0, 0.05) is 25.3 Å². The molecule has 2 atom stereocenters. The topological polar surface area (TPSA) is 71.8 Å². The molecule has 0 spiro atoms. The van der Waals surface area contributed by atoms with Gasteiger partial charge in [0.2, 0.25) is 5.43 Å². The van der Waals surface area contributed by atoms with Crippen molar-refractivity contribution in [3.05, 3.63) is 33.6 Å². The van der Waals surface area contributed by atoms with Gasteiger partial charge in [-0.1, -0.05) is 26.7 Å². The molecule has 1 aromatic carbocycles.